The lowest BCUT2D eigenvalue weighted by Crippen LogP contribution is -2.31. The largest absolute Gasteiger partial charge is 0.379 e. The van der Waals surface area contributed by atoms with Crippen LogP contribution in [0.15, 0.2) is 18.2 Å². The van der Waals surface area contributed by atoms with Crippen LogP contribution in [0.5, 0.6) is 0 Å². The van der Waals surface area contributed by atoms with Crippen molar-refractivity contribution in [2.24, 2.45) is 0 Å². The van der Waals surface area contributed by atoms with E-state index < -0.39 is 0 Å². The lowest BCUT2D eigenvalue weighted by Gasteiger charge is -2.26. The van der Waals surface area contributed by atoms with Crippen LogP contribution in [0.4, 0.5) is 4.39 Å². The molecule has 0 bridgehead atoms. The molecule has 2 nitrogen and oxygen atoms in total. The van der Waals surface area contributed by atoms with Gasteiger partial charge >= 0.3 is 0 Å². The lowest BCUT2D eigenvalue weighted by molar-refractivity contribution is 0.0629. The molecule has 0 heterocycles. The molecular weight excluding hydrogens is 217 g/mol. The summed E-state index contributed by atoms with van der Waals surface area (Å²) in [6.07, 6.45) is 2.08. The smallest absolute Gasteiger partial charge is 0.123 e. The summed E-state index contributed by atoms with van der Waals surface area (Å²) in [7, 11) is 3.59. The minimum Gasteiger partial charge on any atom is -0.379 e. The van der Waals surface area contributed by atoms with Gasteiger partial charge in [-0.25, -0.2) is 4.39 Å². The van der Waals surface area contributed by atoms with Crippen molar-refractivity contribution in [1.29, 1.82) is 0 Å². The van der Waals surface area contributed by atoms with Crippen molar-refractivity contribution in [2.45, 2.75) is 38.8 Å². The highest BCUT2D eigenvalue weighted by Crippen LogP contribution is 2.23. The Bertz CT molecular complexity index is 334. The maximum Gasteiger partial charge on any atom is 0.123 e. The second-order valence-electron chi connectivity index (χ2n) is 4.39. The third kappa shape index (κ3) is 3.79. The summed E-state index contributed by atoms with van der Waals surface area (Å²) in [5, 5.41) is 3.22. The molecule has 0 aliphatic rings. The Morgan fingerprint density at radius 1 is 1.35 bits per heavy atom. The van der Waals surface area contributed by atoms with Gasteiger partial charge < -0.3 is 10.1 Å². The van der Waals surface area contributed by atoms with E-state index in [-0.39, 0.29) is 18.0 Å². The van der Waals surface area contributed by atoms with Gasteiger partial charge in [0.05, 0.1) is 12.1 Å². The van der Waals surface area contributed by atoms with Gasteiger partial charge in [0, 0.05) is 7.11 Å². The van der Waals surface area contributed by atoms with E-state index in [0.29, 0.717) is 0 Å². The highest BCUT2D eigenvalue weighted by atomic mass is 19.1. The molecule has 96 valence electrons. The summed E-state index contributed by atoms with van der Waals surface area (Å²) in [5.74, 6) is -0.188. The predicted molar refractivity (Wildman–Crippen MR) is 68.6 cm³/mol. The van der Waals surface area contributed by atoms with Gasteiger partial charge in [-0.3, -0.25) is 0 Å². The Kier molecular flexibility index (Phi) is 5.59. The molecule has 2 unspecified atom stereocenters. The predicted octanol–water partition coefficient (Wildman–Crippen LogP) is 3.21. The number of benzene rings is 1. The molecule has 0 aromatic heterocycles. The average Bonchev–Trinajstić information content (AvgIpc) is 2.27. The minimum absolute atomic E-state index is 0.0364. The molecular formula is C14H22FNO. The summed E-state index contributed by atoms with van der Waals surface area (Å²) in [5.41, 5.74) is 1.89. The molecule has 0 aliphatic heterocycles. The van der Waals surface area contributed by atoms with Gasteiger partial charge in [-0.1, -0.05) is 19.4 Å². The highest BCUT2D eigenvalue weighted by molar-refractivity contribution is 5.27. The van der Waals surface area contributed by atoms with Crippen molar-refractivity contribution < 1.29 is 9.13 Å². The van der Waals surface area contributed by atoms with Crippen LogP contribution in [0.3, 0.4) is 0 Å². The summed E-state index contributed by atoms with van der Waals surface area (Å²) in [4.78, 5) is 0. The molecule has 0 fully saturated rings. The van der Waals surface area contributed by atoms with Crippen LogP contribution >= 0.6 is 0 Å². The van der Waals surface area contributed by atoms with E-state index >= 15 is 0 Å². The summed E-state index contributed by atoms with van der Waals surface area (Å²) in [6.45, 7) is 4.02. The van der Waals surface area contributed by atoms with Crippen LogP contribution in [0.2, 0.25) is 0 Å². The van der Waals surface area contributed by atoms with Gasteiger partial charge in [-0.2, -0.15) is 0 Å². The third-order valence-electron chi connectivity index (χ3n) is 2.98. The summed E-state index contributed by atoms with van der Waals surface area (Å²) in [6, 6.07) is 5.16. The third-order valence-corrected chi connectivity index (χ3v) is 2.98. The second-order valence-corrected chi connectivity index (χ2v) is 4.39. The van der Waals surface area contributed by atoms with Gasteiger partial charge in [-0.15, -0.1) is 0 Å². The average molecular weight is 239 g/mol. The molecule has 0 spiro atoms. The number of rotatable bonds is 6. The topological polar surface area (TPSA) is 21.3 Å². The van der Waals surface area contributed by atoms with Crippen molar-refractivity contribution in [2.75, 3.05) is 14.2 Å². The van der Waals surface area contributed by atoms with Crippen molar-refractivity contribution >= 4 is 0 Å². The number of halogens is 1. The van der Waals surface area contributed by atoms with Crippen molar-refractivity contribution in [3.8, 4) is 0 Å². The Hall–Kier alpha value is -0.930. The number of ether oxygens (including phenoxy) is 1. The van der Waals surface area contributed by atoms with E-state index in [1.54, 1.807) is 13.2 Å². The summed E-state index contributed by atoms with van der Waals surface area (Å²) >= 11 is 0. The molecule has 0 saturated heterocycles. The molecule has 0 radical (unpaired) electrons. The van der Waals surface area contributed by atoms with Crippen molar-refractivity contribution in [1.82, 2.24) is 5.32 Å². The van der Waals surface area contributed by atoms with Crippen LogP contribution in [0.1, 0.15) is 36.9 Å². The molecule has 1 rings (SSSR count). The first-order chi connectivity index (χ1) is 8.12. The second kappa shape index (κ2) is 6.72. The highest BCUT2D eigenvalue weighted by Gasteiger charge is 2.21. The quantitative estimate of drug-likeness (QED) is 0.823. The van der Waals surface area contributed by atoms with E-state index in [4.69, 9.17) is 4.74 Å². The fraction of sp³-hybridized carbons (Fsp3) is 0.571. The van der Waals surface area contributed by atoms with E-state index in [0.717, 1.165) is 24.0 Å². The SMILES string of the molecule is CCCC(OC)C(NC)c1cc(C)cc(F)c1. The Balaban J connectivity index is 2.98. The fourth-order valence-electron chi connectivity index (χ4n) is 2.22. The molecule has 17 heavy (non-hydrogen) atoms. The molecule has 0 aliphatic carbocycles. The minimum atomic E-state index is -0.188. The zero-order valence-electron chi connectivity index (χ0n) is 11.1. The molecule has 1 aromatic rings. The normalized spacial score (nSPS) is 14.6. The summed E-state index contributed by atoms with van der Waals surface area (Å²) < 4.78 is 18.9. The number of methoxy groups -OCH3 is 1. The van der Waals surface area contributed by atoms with Crippen LogP contribution in [-0.2, 0) is 4.74 Å². The maximum atomic E-state index is 13.4. The van der Waals surface area contributed by atoms with Gasteiger partial charge in [0.25, 0.3) is 0 Å². The first kappa shape index (κ1) is 14.1. The van der Waals surface area contributed by atoms with E-state index in [2.05, 4.69) is 12.2 Å². The van der Waals surface area contributed by atoms with Gasteiger partial charge in [0.15, 0.2) is 0 Å². The fourth-order valence-corrected chi connectivity index (χ4v) is 2.22. The number of hydrogen-bond acceptors (Lipinski definition) is 2. The Morgan fingerprint density at radius 2 is 2.06 bits per heavy atom. The van der Waals surface area contributed by atoms with E-state index in [1.807, 2.05) is 20.0 Å². The zero-order valence-corrected chi connectivity index (χ0v) is 11.1. The maximum absolute atomic E-state index is 13.4. The van der Waals surface area contributed by atoms with Crippen LogP contribution in [-0.4, -0.2) is 20.3 Å². The lowest BCUT2D eigenvalue weighted by atomic mass is 9.97. The number of likely N-dealkylation sites (N-methyl/N-ethyl adjacent to an activating group) is 1. The first-order valence-electron chi connectivity index (χ1n) is 6.09. The number of nitrogens with one attached hydrogen (secondary N) is 1. The van der Waals surface area contributed by atoms with Gasteiger partial charge in [-0.05, 0) is 43.7 Å². The number of aryl methyl sites for hydroxylation is 1. The van der Waals surface area contributed by atoms with Gasteiger partial charge in [0.2, 0.25) is 0 Å². The Labute approximate surface area is 103 Å². The van der Waals surface area contributed by atoms with Crippen LogP contribution < -0.4 is 5.32 Å². The number of hydrogen-bond donors (Lipinski definition) is 1. The van der Waals surface area contributed by atoms with Crippen molar-refractivity contribution in [3.05, 3.63) is 35.1 Å². The van der Waals surface area contributed by atoms with Crippen LogP contribution in [0.25, 0.3) is 0 Å². The zero-order chi connectivity index (χ0) is 12.8. The molecule has 3 heteroatoms. The van der Waals surface area contributed by atoms with Gasteiger partial charge in [0.1, 0.15) is 5.82 Å². The molecule has 1 N–H and O–H groups in total. The van der Waals surface area contributed by atoms with Crippen molar-refractivity contribution in [3.63, 3.8) is 0 Å². The standard InChI is InChI=1S/C14H22FNO/c1-5-6-13(17-4)14(16-3)11-7-10(2)8-12(15)9-11/h7-9,13-14,16H,5-6H2,1-4H3. The molecule has 1 aromatic carbocycles. The van der Waals surface area contributed by atoms with E-state index in [9.17, 15) is 4.39 Å². The monoisotopic (exact) mass is 239 g/mol. The van der Waals surface area contributed by atoms with Crippen LogP contribution in [0, 0.1) is 12.7 Å². The van der Waals surface area contributed by atoms with E-state index in [1.165, 1.54) is 6.07 Å². The molecule has 0 saturated carbocycles. The molecule has 0 amide bonds. The first-order valence-corrected chi connectivity index (χ1v) is 6.09. The molecule has 2 atom stereocenters. The Morgan fingerprint density at radius 3 is 2.53 bits per heavy atom.